The molecule has 0 aliphatic carbocycles. The summed E-state index contributed by atoms with van der Waals surface area (Å²) in [6.45, 7) is 0.769. The Morgan fingerprint density at radius 2 is 1.88 bits per heavy atom. The Labute approximate surface area is 142 Å². The number of methoxy groups -OCH3 is 2. The third-order valence-electron chi connectivity index (χ3n) is 3.27. The molecule has 2 aromatic rings. The fourth-order valence-electron chi connectivity index (χ4n) is 2.10. The average molecular weight is 324 g/mol. The lowest BCUT2D eigenvalue weighted by Crippen LogP contribution is -2.07. The van der Waals surface area contributed by atoms with Crippen molar-refractivity contribution in [2.24, 2.45) is 5.10 Å². The second-order valence-corrected chi connectivity index (χ2v) is 4.81. The van der Waals surface area contributed by atoms with Crippen molar-refractivity contribution in [3.8, 4) is 29.6 Å². The van der Waals surface area contributed by atoms with Crippen molar-refractivity contribution in [3.05, 3.63) is 53.6 Å². The summed E-state index contributed by atoms with van der Waals surface area (Å²) in [6.07, 6.45) is 6.90. The number of hydrogen-bond donors (Lipinski definition) is 1. The highest BCUT2D eigenvalue weighted by Crippen LogP contribution is 2.27. The molecule has 24 heavy (non-hydrogen) atoms. The fourth-order valence-corrected chi connectivity index (χ4v) is 2.10. The summed E-state index contributed by atoms with van der Waals surface area (Å²) < 4.78 is 16.0. The average Bonchev–Trinajstić information content (AvgIpc) is 2.64. The van der Waals surface area contributed by atoms with Crippen molar-refractivity contribution < 1.29 is 14.2 Å². The van der Waals surface area contributed by atoms with Gasteiger partial charge in [0.25, 0.3) is 0 Å². The molecule has 0 fully saturated rings. The van der Waals surface area contributed by atoms with Crippen LogP contribution >= 0.6 is 0 Å². The maximum Gasteiger partial charge on any atom is 0.162 e. The highest BCUT2D eigenvalue weighted by Gasteiger charge is 2.04. The van der Waals surface area contributed by atoms with Gasteiger partial charge in [-0.3, -0.25) is 0 Å². The van der Waals surface area contributed by atoms with Gasteiger partial charge in [0, 0.05) is 5.56 Å². The van der Waals surface area contributed by atoms with E-state index in [2.05, 4.69) is 16.4 Å². The van der Waals surface area contributed by atoms with Crippen LogP contribution in [0.3, 0.4) is 0 Å². The van der Waals surface area contributed by atoms with Gasteiger partial charge in [-0.2, -0.15) is 5.10 Å². The smallest absolute Gasteiger partial charge is 0.162 e. The van der Waals surface area contributed by atoms with Gasteiger partial charge in [0.2, 0.25) is 0 Å². The summed E-state index contributed by atoms with van der Waals surface area (Å²) in [5.41, 5.74) is 4.92. The Balaban J connectivity index is 1.98. The molecule has 0 saturated heterocycles. The second kappa shape index (κ2) is 9.11. The summed E-state index contributed by atoms with van der Waals surface area (Å²) in [4.78, 5) is 0. The van der Waals surface area contributed by atoms with Gasteiger partial charge in [0.15, 0.2) is 11.5 Å². The van der Waals surface area contributed by atoms with E-state index in [1.165, 1.54) is 0 Å². The Hall–Kier alpha value is -3.13. The van der Waals surface area contributed by atoms with Crippen LogP contribution in [0.2, 0.25) is 0 Å². The maximum absolute atomic E-state index is 5.41. The minimum absolute atomic E-state index is 0.199. The van der Waals surface area contributed by atoms with E-state index in [1.807, 2.05) is 36.4 Å². The molecule has 124 valence electrons. The molecule has 0 bridgehead atoms. The van der Waals surface area contributed by atoms with E-state index in [0.717, 1.165) is 16.9 Å². The number of rotatable bonds is 8. The van der Waals surface area contributed by atoms with Gasteiger partial charge in [-0.15, -0.1) is 6.42 Å². The molecular formula is C19H20N2O3. The second-order valence-electron chi connectivity index (χ2n) is 4.81. The molecule has 0 amide bonds. The van der Waals surface area contributed by atoms with E-state index < -0.39 is 0 Å². The number of hydrazone groups is 1. The van der Waals surface area contributed by atoms with Crippen LogP contribution in [-0.2, 0) is 6.54 Å². The van der Waals surface area contributed by atoms with Crippen LogP contribution in [0.25, 0.3) is 0 Å². The predicted octanol–water partition coefficient (Wildman–Crippen LogP) is 2.84. The van der Waals surface area contributed by atoms with Crippen molar-refractivity contribution in [2.45, 2.75) is 6.54 Å². The van der Waals surface area contributed by atoms with E-state index in [9.17, 15) is 0 Å². The van der Waals surface area contributed by atoms with Crippen LogP contribution in [0.15, 0.2) is 47.6 Å². The quantitative estimate of drug-likeness (QED) is 0.461. The Kier molecular flexibility index (Phi) is 6.54. The van der Waals surface area contributed by atoms with E-state index in [4.69, 9.17) is 20.6 Å². The molecule has 0 heterocycles. The summed E-state index contributed by atoms with van der Waals surface area (Å²) in [5.74, 6) is 4.47. The van der Waals surface area contributed by atoms with Gasteiger partial charge < -0.3 is 19.6 Å². The summed E-state index contributed by atoms with van der Waals surface area (Å²) in [6, 6.07) is 13.3. The van der Waals surface area contributed by atoms with Crippen molar-refractivity contribution in [1.29, 1.82) is 0 Å². The molecule has 5 heteroatoms. The first kappa shape index (κ1) is 17.2. The number of ether oxygens (including phenoxy) is 3. The van der Waals surface area contributed by atoms with E-state index in [1.54, 1.807) is 26.5 Å². The van der Waals surface area contributed by atoms with Crippen LogP contribution in [0, 0.1) is 12.3 Å². The van der Waals surface area contributed by atoms with Gasteiger partial charge in [-0.1, -0.05) is 24.1 Å². The van der Waals surface area contributed by atoms with Gasteiger partial charge in [-0.05, 0) is 29.8 Å². The number of terminal acetylenes is 1. The molecule has 0 unspecified atom stereocenters. The third kappa shape index (κ3) is 4.68. The minimum Gasteiger partial charge on any atom is -0.496 e. The van der Waals surface area contributed by atoms with E-state index >= 15 is 0 Å². The van der Waals surface area contributed by atoms with Crippen molar-refractivity contribution >= 4 is 6.21 Å². The maximum atomic E-state index is 5.41. The van der Waals surface area contributed by atoms with Crippen molar-refractivity contribution in [1.82, 2.24) is 5.43 Å². The number of nitrogens with zero attached hydrogens (tertiary/aromatic N) is 1. The first-order valence-corrected chi connectivity index (χ1v) is 7.40. The number of benzene rings is 2. The first-order valence-electron chi connectivity index (χ1n) is 7.40. The normalized spacial score (nSPS) is 10.2. The van der Waals surface area contributed by atoms with Crippen LogP contribution < -0.4 is 19.6 Å². The standard InChI is InChI=1S/C19H20N2O3/c1-4-11-24-18-10-9-15(12-19(18)23-3)13-20-21-14-16-7-5-6-8-17(16)22-2/h1,5-10,12-13,21H,11,14H2,2-3H3/b20-13-. The van der Waals surface area contributed by atoms with Gasteiger partial charge >= 0.3 is 0 Å². The lowest BCUT2D eigenvalue weighted by Gasteiger charge is -2.09. The molecule has 0 spiro atoms. The van der Waals surface area contributed by atoms with Crippen LogP contribution in [-0.4, -0.2) is 27.0 Å². The van der Waals surface area contributed by atoms with Crippen LogP contribution in [0.1, 0.15) is 11.1 Å². The topological polar surface area (TPSA) is 52.1 Å². The van der Waals surface area contributed by atoms with Crippen LogP contribution in [0.5, 0.6) is 17.2 Å². The lowest BCUT2D eigenvalue weighted by molar-refractivity contribution is 0.331. The number of hydrogen-bond acceptors (Lipinski definition) is 5. The van der Waals surface area contributed by atoms with Crippen molar-refractivity contribution in [2.75, 3.05) is 20.8 Å². The summed E-state index contributed by atoms with van der Waals surface area (Å²) >= 11 is 0. The molecule has 0 radical (unpaired) electrons. The Morgan fingerprint density at radius 3 is 2.62 bits per heavy atom. The first-order chi connectivity index (χ1) is 11.8. The van der Waals surface area contributed by atoms with E-state index in [0.29, 0.717) is 18.0 Å². The Bertz CT molecular complexity index is 736. The molecule has 2 rings (SSSR count). The van der Waals surface area contributed by atoms with E-state index in [-0.39, 0.29) is 6.61 Å². The molecule has 0 atom stereocenters. The fraction of sp³-hybridized carbons (Fsp3) is 0.211. The lowest BCUT2D eigenvalue weighted by atomic mass is 10.2. The van der Waals surface area contributed by atoms with Gasteiger partial charge in [-0.25, -0.2) is 0 Å². The highest BCUT2D eigenvalue weighted by atomic mass is 16.5. The molecule has 2 aromatic carbocycles. The molecule has 5 nitrogen and oxygen atoms in total. The molecule has 0 saturated carbocycles. The van der Waals surface area contributed by atoms with Crippen molar-refractivity contribution in [3.63, 3.8) is 0 Å². The Morgan fingerprint density at radius 1 is 1.08 bits per heavy atom. The monoisotopic (exact) mass is 324 g/mol. The summed E-state index contributed by atoms with van der Waals surface area (Å²) in [7, 11) is 3.23. The molecular weight excluding hydrogens is 304 g/mol. The van der Waals surface area contributed by atoms with Gasteiger partial charge in [0.1, 0.15) is 12.4 Å². The third-order valence-corrected chi connectivity index (χ3v) is 3.27. The minimum atomic E-state index is 0.199. The molecule has 1 N–H and O–H groups in total. The SMILES string of the molecule is C#CCOc1ccc(/C=N\NCc2ccccc2OC)cc1OC. The number of nitrogens with one attached hydrogen (secondary N) is 1. The zero-order chi connectivity index (χ0) is 17.2. The van der Waals surface area contributed by atoms with Gasteiger partial charge in [0.05, 0.1) is 27.0 Å². The number of para-hydroxylation sites is 1. The molecule has 0 aliphatic rings. The molecule has 0 aromatic heterocycles. The van der Waals surface area contributed by atoms with Crippen LogP contribution in [0.4, 0.5) is 0 Å². The predicted molar refractivity (Wildman–Crippen MR) is 94.7 cm³/mol. The summed E-state index contributed by atoms with van der Waals surface area (Å²) in [5, 5.41) is 4.22. The highest BCUT2D eigenvalue weighted by molar-refractivity contribution is 5.80. The zero-order valence-electron chi connectivity index (χ0n) is 13.8. The largest absolute Gasteiger partial charge is 0.496 e. The molecule has 0 aliphatic heterocycles. The zero-order valence-corrected chi connectivity index (χ0v) is 13.8.